The average molecular weight is 314 g/mol. The van der Waals surface area contributed by atoms with Crippen LogP contribution in [-0.4, -0.2) is 43.0 Å². The van der Waals surface area contributed by atoms with Crippen LogP contribution in [0.5, 0.6) is 5.75 Å². The maximum atomic E-state index is 11.8. The fourth-order valence-corrected chi connectivity index (χ4v) is 3.72. The van der Waals surface area contributed by atoms with E-state index in [2.05, 4.69) is 31.7 Å². The van der Waals surface area contributed by atoms with Gasteiger partial charge in [0.25, 0.3) is 0 Å². The number of hydrogen-bond donors (Lipinski definition) is 0. The first-order chi connectivity index (χ1) is 11.0. The van der Waals surface area contributed by atoms with Gasteiger partial charge in [-0.3, -0.25) is 14.7 Å². The molecule has 2 heterocycles. The first-order valence-electron chi connectivity index (χ1n) is 8.53. The molecule has 3 atom stereocenters. The minimum absolute atomic E-state index is 0.145. The minimum atomic E-state index is 0.145. The molecular formula is C19H26N2O2. The summed E-state index contributed by atoms with van der Waals surface area (Å²) in [5, 5.41) is 2.30. The van der Waals surface area contributed by atoms with Crippen molar-refractivity contribution in [3.63, 3.8) is 0 Å². The molecule has 1 aromatic rings. The maximum Gasteiger partial charge on any atom is 0.138 e. The Labute approximate surface area is 137 Å². The number of rotatable bonds is 4. The van der Waals surface area contributed by atoms with Crippen LogP contribution < -0.4 is 15.3 Å². The van der Waals surface area contributed by atoms with Gasteiger partial charge in [0.15, 0.2) is 0 Å². The summed E-state index contributed by atoms with van der Waals surface area (Å²) in [7, 11) is 1.70. The molecule has 1 saturated heterocycles. The Balaban J connectivity index is 1.79. The van der Waals surface area contributed by atoms with E-state index in [-0.39, 0.29) is 12.0 Å². The third kappa shape index (κ3) is 3.05. The number of fused-ring (bicyclic) bond motifs is 1. The van der Waals surface area contributed by atoms with E-state index >= 15 is 0 Å². The van der Waals surface area contributed by atoms with E-state index in [9.17, 15) is 4.79 Å². The quantitative estimate of drug-likeness (QED) is 0.847. The molecule has 124 valence electrons. The zero-order valence-corrected chi connectivity index (χ0v) is 14.5. The lowest BCUT2D eigenvalue weighted by atomic mass is 9.90. The lowest BCUT2D eigenvalue weighted by molar-refractivity contribution is -0.127. The Hall–Kier alpha value is -1.68. The summed E-state index contributed by atoms with van der Waals surface area (Å²) in [5.74, 6) is 1.43. The maximum absolute atomic E-state index is 11.8. The van der Waals surface area contributed by atoms with Gasteiger partial charge in [-0.1, -0.05) is 6.92 Å². The van der Waals surface area contributed by atoms with Crippen molar-refractivity contribution < 1.29 is 9.53 Å². The van der Waals surface area contributed by atoms with E-state index in [1.807, 2.05) is 12.1 Å². The second kappa shape index (κ2) is 6.44. The van der Waals surface area contributed by atoms with Gasteiger partial charge in [0.2, 0.25) is 0 Å². The number of Topliss-reactive ketones (excluding diaryl/α,β-unsaturated/α-hetero) is 1. The van der Waals surface area contributed by atoms with Gasteiger partial charge in [-0.2, -0.15) is 0 Å². The highest BCUT2D eigenvalue weighted by Gasteiger charge is 2.30. The summed E-state index contributed by atoms with van der Waals surface area (Å²) in [6, 6.07) is 6.68. The normalized spacial score (nSPS) is 27.7. The highest BCUT2D eigenvalue weighted by molar-refractivity contribution is 5.82. The van der Waals surface area contributed by atoms with Gasteiger partial charge in [0.05, 0.1) is 18.5 Å². The van der Waals surface area contributed by atoms with Crippen LogP contribution in [-0.2, 0) is 4.79 Å². The van der Waals surface area contributed by atoms with Crippen molar-refractivity contribution in [2.24, 2.45) is 10.9 Å². The lowest BCUT2D eigenvalue weighted by Gasteiger charge is -2.37. The van der Waals surface area contributed by atoms with Crippen LogP contribution in [0.2, 0.25) is 0 Å². The number of nitrogens with zero attached hydrogens (tertiary/aromatic N) is 2. The van der Waals surface area contributed by atoms with Crippen LogP contribution in [0.4, 0.5) is 0 Å². The van der Waals surface area contributed by atoms with E-state index in [4.69, 9.17) is 9.73 Å². The molecule has 0 N–H and O–H groups in total. The van der Waals surface area contributed by atoms with Crippen LogP contribution in [0.25, 0.3) is 5.57 Å². The molecule has 4 heteroatoms. The minimum Gasteiger partial charge on any atom is -0.497 e. The van der Waals surface area contributed by atoms with E-state index in [0.29, 0.717) is 18.2 Å². The van der Waals surface area contributed by atoms with Crippen molar-refractivity contribution >= 4 is 11.4 Å². The first-order valence-corrected chi connectivity index (χ1v) is 8.53. The molecule has 2 aliphatic rings. The monoisotopic (exact) mass is 314 g/mol. The topological polar surface area (TPSA) is 41.9 Å². The number of piperidine rings is 1. The number of ether oxygens (including phenoxy) is 1. The summed E-state index contributed by atoms with van der Waals surface area (Å²) in [4.78, 5) is 19.0. The largest absolute Gasteiger partial charge is 0.497 e. The van der Waals surface area contributed by atoms with E-state index < -0.39 is 0 Å². The molecule has 1 fully saturated rings. The van der Waals surface area contributed by atoms with Crippen molar-refractivity contribution in [1.82, 2.24) is 4.90 Å². The summed E-state index contributed by atoms with van der Waals surface area (Å²) in [6.45, 7) is 8.26. The summed E-state index contributed by atoms with van der Waals surface area (Å²) < 4.78 is 5.36. The Bertz CT molecular complexity index is 725. The fourth-order valence-electron chi connectivity index (χ4n) is 3.72. The predicted octanol–water partition coefficient (Wildman–Crippen LogP) is 1.56. The third-order valence-electron chi connectivity index (χ3n) is 5.51. The molecule has 0 saturated carbocycles. The molecule has 4 nitrogen and oxygen atoms in total. The summed E-state index contributed by atoms with van der Waals surface area (Å²) in [6.07, 6.45) is 1.68. The summed E-state index contributed by atoms with van der Waals surface area (Å²) >= 11 is 0. The molecule has 0 unspecified atom stereocenters. The predicted molar refractivity (Wildman–Crippen MR) is 91.1 cm³/mol. The highest BCUT2D eigenvalue weighted by Crippen LogP contribution is 2.22. The number of methoxy groups -OCH3 is 1. The number of carbonyl (C=O) groups excluding carboxylic acids is 1. The number of hydrogen-bond acceptors (Lipinski definition) is 4. The first kappa shape index (κ1) is 16.2. The molecule has 1 aromatic carbocycles. The second-order valence-corrected chi connectivity index (χ2v) is 6.74. The van der Waals surface area contributed by atoms with Crippen LogP contribution in [0.15, 0.2) is 23.2 Å². The third-order valence-corrected chi connectivity index (χ3v) is 5.51. The van der Waals surface area contributed by atoms with Crippen LogP contribution in [0.3, 0.4) is 0 Å². The van der Waals surface area contributed by atoms with Crippen LogP contribution >= 0.6 is 0 Å². The lowest BCUT2D eigenvalue weighted by Crippen LogP contribution is -2.47. The number of benzene rings is 1. The Morgan fingerprint density at radius 2 is 2.09 bits per heavy atom. The van der Waals surface area contributed by atoms with E-state index in [0.717, 1.165) is 30.6 Å². The van der Waals surface area contributed by atoms with Crippen molar-refractivity contribution in [2.75, 3.05) is 20.2 Å². The van der Waals surface area contributed by atoms with Gasteiger partial charge < -0.3 is 4.74 Å². The van der Waals surface area contributed by atoms with Gasteiger partial charge >= 0.3 is 0 Å². The van der Waals surface area contributed by atoms with Crippen molar-refractivity contribution in [3.8, 4) is 5.75 Å². The molecule has 0 radical (unpaired) electrons. The molecule has 0 amide bonds. The SMILES string of the molecule is COc1ccc2c(c1)=C(CCN1CCC(=O)[C@H](C)[C@H]1C)[C@@H](C)N=2. The molecule has 0 bridgehead atoms. The number of ketones is 1. The van der Waals surface area contributed by atoms with Gasteiger partial charge in [0, 0.05) is 36.7 Å². The number of carbonyl (C=O) groups is 1. The highest BCUT2D eigenvalue weighted by atomic mass is 16.5. The second-order valence-electron chi connectivity index (χ2n) is 6.74. The van der Waals surface area contributed by atoms with E-state index in [1.54, 1.807) is 7.11 Å². The van der Waals surface area contributed by atoms with Crippen LogP contribution in [0.1, 0.15) is 33.6 Å². The molecule has 0 spiro atoms. The molecule has 2 aliphatic heterocycles. The Kier molecular flexibility index (Phi) is 4.53. The Morgan fingerprint density at radius 3 is 2.83 bits per heavy atom. The molecule has 3 rings (SSSR count). The fraction of sp³-hybridized carbons (Fsp3) is 0.579. The molecule has 0 aromatic heterocycles. The standard InChI is InChI=1S/C19H26N2O2/c1-12-14(3)21(10-8-19(12)22)9-7-16-13(2)20-18-6-5-15(23-4)11-17(16)18/h5-6,11-14H,7-10H2,1-4H3/t12-,13-,14-/m1/s1. The smallest absolute Gasteiger partial charge is 0.138 e. The molecular weight excluding hydrogens is 288 g/mol. The zero-order valence-electron chi connectivity index (χ0n) is 14.5. The van der Waals surface area contributed by atoms with Gasteiger partial charge in [-0.15, -0.1) is 0 Å². The van der Waals surface area contributed by atoms with E-state index in [1.165, 1.54) is 10.8 Å². The average Bonchev–Trinajstić information content (AvgIpc) is 2.86. The van der Waals surface area contributed by atoms with Crippen LogP contribution in [0, 0.1) is 5.92 Å². The van der Waals surface area contributed by atoms with Crippen molar-refractivity contribution in [2.45, 2.75) is 45.7 Å². The van der Waals surface area contributed by atoms with Crippen molar-refractivity contribution in [3.05, 3.63) is 28.8 Å². The Morgan fingerprint density at radius 1 is 1.30 bits per heavy atom. The number of likely N-dealkylation sites (tertiary alicyclic amines) is 1. The molecule has 0 aliphatic carbocycles. The zero-order chi connectivity index (χ0) is 16.6. The molecule has 23 heavy (non-hydrogen) atoms. The van der Waals surface area contributed by atoms with Gasteiger partial charge in [0.1, 0.15) is 11.5 Å². The van der Waals surface area contributed by atoms with Crippen molar-refractivity contribution in [1.29, 1.82) is 0 Å². The summed E-state index contributed by atoms with van der Waals surface area (Å²) in [5.41, 5.74) is 1.38. The van der Waals surface area contributed by atoms with Gasteiger partial charge in [-0.05, 0) is 44.0 Å². The van der Waals surface area contributed by atoms with Gasteiger partial charge in [-0.25, -0.2) is 0 Å².